The summed E-state index contributed by atoms with van der Waals surface area (Å²) in [7, 11) is 1.31. The molecule has 0 radical (unpaired) electrons. The number of aromatic amines is 1. The van der Waals surface area contributed by atoms with Crippen LogP contribution in [-0.4, -0.2) is 23.8 Å². The Bertz CT molecular complexity index is 327. The van der Waals surface area contributed by atoms with Crippen molar-refractivity contribution in [2.75, 3.05) is 7.11 Å². The second kappa shape index (κ2) is 3.89. The first-order valence-electron chi connectivity index (χ1n) is 3.89. The van der Waals surface area contributed by atoms with E-state index in [-0.39, 0.29) is 5.78 Å². The highest BCUT2D eigenvalue weighted by Gasteiger charge is 2.08. The van der Waals surface area contributed by atoms with E-state index >= 15 is 0 Å². The summed E-state index contributed by atoms with van der Waals surface area (Å²) in [5.41, 5.74) is 1.10. The Balaban J connectivity index is 2.74. The van der Waals surface area contributed by atoms with Crippen LogP contribution in [0.3, 0.4) is 0 Å². The second-order valence-corrected chi connectivity index (χ2v) is 2.77. The molecule has 0 unspecified atom stereocenters. The number of hydrogen-bond donors (Lipinski definition) is 1. The van der Waals surface area contributed by atoms with Crippen molar-refractivity contribution in [1.29, 1.82) is 0 Å². The number of rotatable bonds is 3. The van der Waals surface area contributed by atoms with E-state index in [1.807, 2.05) is 0 Å². The van der Waals surface area contributed by atoms with Crippen molar-refractivity contribution in [3.8, 4) is 0 Å². The molecule has 0 atom stereocenters. The molecular formula is C9H11NO3. The Hall–Kier alpha value is -1.58. The number of nitrogens with one attached hydrogen (secondary N) is 1. The van der Waals surface area contributed by atoms with E-state index in [0.29, 0.717) is 12.1 Å². The first kappa shape index (κ1) is 9.51. The van der Waals surface area contributed by atoms with Crippen LogP contribution in [0.25, 0.3) is 0 Å². The van der Waals surface area contributed by atoms with Crippen LogP contribution in [0, 0.1) is 0 Å². The van der Waals surface area contributed by atoms with Crippen molar-refractivity contribution in [2.45, 2.75) is 13.3 Å². The molecule has 0 amide bonds. The largest absolute Gasteiger partial charge is 0.464 e. The number of carbonyl (C=O) groups is 2. The van der Waals surface area contributed by atoms with Crippen LogP contribution in [0.15, 0.2) is 12.1 Å². The predicted octanol–water partition coefficient (Wildman–Crippen LogP) is 0.933. The van der Waals surface area contributed by atoms with Crippen molar-refractivity contribution >= 4 is 11.8 Å². The fourth-order valence-corrected chi connectivity index (χ4v) is 1.04. The molecule has 0 aliphatic rings. The van der Waals surface area contributed by atoms with Crippen molar-refractivity contribution in [3.63, 3.8) is 0 Å². The number of hydrogen-bond acceptors (Lipinski definition) is 3. The summed E-state index contributed by atoms with van der Waals surface area (Å²) in [5.74, 6) is -0.368. The van der Waals surface area contributed by atoms with Crippen LogP contribution in [0.2, 0.25) is 0 Å². The molecule has 0 bridgehead atoms. The van der Waals surface area contributed by atoms with E-state index in [2.05, 4.69) is 9.72 Å². The molecule has 13 heavy (non-hydrogen) atoms. The van der Waals surface area contributed by atoms with Crippen LogP contribution < -0.4 is 0 Å². The third-order valence-corrected chi connectivity index (χ3v) is 1.59. The summed E-state index contributed by atoms with van der Waals surface area (Å²) >= 11 is 0. The molecule has 0 aliphatic carbocycles. The highest BCUT2D eigenvalue weighted by molar-refractivity contribution is 5.87. The molecule has 1 N–H and O–H groups in total. The molecule has 0 saturated heterocycles. The zero-order valence-electron chi connectivity index (χ0n) is 7.59. The molecule has 1 aromatic rings. The van der Waals surface area contributed by atoms with Gasteiger partial charge in [-0.25, -0.2) is 4.79 Å². The Morgan fingerprint density at radius 2 is 2.15 bits per heavy atom. The van der Waals surface area contributed by atoms with Crippen LogP contribution in [-0.2, 0) is 16.0 Å². The van der Waals surface area contributed by atoms with E-state index in [9.17, 15) is 9.59 Å². The smallest absolute Gasteiger partial charge is 0.354 e. The molecule has 0 fully saturated rings. The Labute approximate surface area is 75.9 Å². The van der Waals surface area contributed by atoms with Gasteiger partial charge in [0.25, 0.3) is 0 Å². The van der Waals surface area contributed by atoms with Gasteiger partial charge in [0, 0.05) is 12.1 Å². The molecule has 0 aromatic carbocycles. The summed E-state index contributed by atoms with van der Waals surface area (Å²) in [6, 6.07) is 3.30. The summed E-state index contributed by atoms with van der Waals surface area (Å²) in [5, 5.41) is 0. The van der Waals surface area contributed by atoms with Gasteiger partial charge in [-0.3, -0.25) is 4.79 Å². The summed E-state index contributed by atoms with van der Waals surface area (Å²) < 4.78 is 4.50. The van der Waals surface area contributed by atoms with Gasteiger partial charge >= 0.3 is 5.97 Å². The highest BCUT2D eigenvalue weighted by Crippen LogP contribution is 2.04. The SMILES string of the molecule is COC(=O)c1ccc(CC(C)=O)[nH]1. The minimum atomic E-state index is -0.421. The Morgan fingerprint density at radius 3 is 2.69 bits per heavy atom. The van der Waals surface area contributed by atoms with E-state index in [1.54, 1.807) is 12.1 Å². The monoisotopic (exact) mass is 181 g/mol. The molecule has 4 heteroatoms. The molecule has 1 rings (SSSR count). The lowest BCUT2D eigenvalue weighted by atomic mass is 10.2. The lowest BCUT2D eigenvalue weighted by Crippen LogP contribution is -2.02. The third-order valence-electron chi connectivity index (χ3n) is 1.59. The van der Waals surface area contributed by atoms with Crippen molar-refractivity contribution in [2.24, 2.45) is 0 Å². The zero-order valence-corrected chi connectivity index (χ0v) is 7.59. The maximum atomic E-state index is 11.0. The van der Waals surface area contributed by atoms with Gasteiger partial charge in [0.2, 0.25) is 0 Å². The van der Waals surface area contributed by atoms with Gasteiger partial charge < -0.3 is 9.72 Å². The molecular weight excluding hydrogens is 170 g/mol. The minimum absolute atomic E-state index is 0.0539. The maximum absolute atomic E-state index is 11.0. The average molecular weight is 181 g/mol. The van der Waals surface area contributed by atoms with Gasteiger partial charge in [0.15, 0.2) is 0 Å². The number of methoxy groups -OCH3 is 1. The van der Waals surface area contributed by atoms with Crippen molar-refractivity contribution < 1.29 is 14.3 Å². The Morgan fingerprint density at radius 1 is 1.46 bits per heavy atom. The maximum Gasteiger partial charge on any atom is 0.354 e. The van der Waals surface area contributed by atoms with Gasteiger partial charge in [0.05, 0.1) is 7.11 Å². The Kier molecular flexibility index (Phi) is 2.84. The fraction of sp³-hybridized carbons (Fsp3) is 0.333. The van der Waals surface area contributed by atoms with Gasteiger partial charge in [-0.1, -0.05) is 0 Å². The molecule has 0 saturated carbocycles. The number of H-pyrrole nitrogens is 1. The van der Waals surface area contributed by atoms with Crippen molar-refractivity contribution in [3.05, 3.63) is 23.5 Å². The molecule has 1 heterocycles. The number of aromatic nitrogens is 1. The fourth-order valence-electron chi connectivity index (χ4n) is 1.04. The van der Waals surface area contributed by atoms with Crippen LogP contribution in [0.5, 0.6) is 0 Å². The topological polar surface area (TPSA) is 59.2 Å². The number of carbonyl (C=O) groups excluding carboxylic acids is 2. The van der Waals surface area contributed by atoms with E-state index in [1.165, 1.54) is 14.0 Å². The standard InChI is InChI=1S/C9H11NO3/c1-6(11)5-7-3-4-8(10-7)9(12)13-2/h3-4,10H,5H2,1-2H3. The molecule has 0 aliphatic heterocycles. The van der Waals surface area contributed by atoms with E-state index in [4.69, 9.17) is 0 Å². The van der Waals surface area contributed by atoms with E-state index < -0.39 is 5.97 Å². The number of Topliss-reactive ketones (excluding diaryl/α,β-unsaturated/α-hetero) is 1. The minimum Gasteiger partial charge on any atom is -0.464 e. The zero-order chi connectivity index (χ0) is 9.84. The lowest BCUT2D eigenvalue weighted by Gasteiger charge is -1.94. The predicted molar refractivity (Wildman–Crippen MR) is 46.5 cm³/mol. The first-order chi connectivity index (χ1) is 6.13. The summed E-state index contributed by atoms with van der Waals surface area (Å²) in [6.45, 7) is 1.50. The number of esters is 1. The van der Waals surface area contributed by atoms with Crippen molar-refractivity contribution in [1.82, 2.24) is 4.98 Å². The summed E-state index contributed by atoms with van der Waals surface area (Å²) in [6.07, 6.45) is 0.316. The molecule has 70 valence electrons. The number of ether oxygens (including phenoxy) is 1. The number of ketones is 1. The van der Waals surface area contributed by atoms with Crippen LogP contribution >= 0.6 is 0 Å². The summed E-state index contributed by atoms with van der Waals surface area (Å²) in [4.78, 5) is 24.5. The molecule has 0 spiro atoms. The van der Waals surface area contributed by atoms with Gasteiger partial charge in [-0.15, -0.1) is 0 Å². The lowest BCUT2D eigenvalue weighted by molar-refractivity contribution is -0.116. The van der Waals surface area contributed by atoms with Gasteiger partial charge in [0.1, 0.15) is 11.5 Å². The average Bonchev–Trinajstić information content (AvgIpc) is 2.50. The molecule has 4 nitrogen and oxygen atoms in total. The first-order valence-corrected chi connectivity index (χ1v) is 3.89. The van der Waals surface area contributed by atoms with E-state index in [0.717, 1.165) is 5.69 Å². The quantitative estimate of drug-likeness (QED) is 0.706. The highest BCUT2D eigenvalue weighted by atomic mass is 16.5. The van der Waals surface area contributed by atoms with Gasteiger partial charge in [-0.05, 0) is 19.1 Å². The van der Waals surface area contributed by atoms with Crippen LogP contribution in [0.1, 0.15) is 23.1 Å². The third kappa shape index (κ3) is 2.43. The normalized spacial score (nSPS) is 9.69. The van der Waals surface area contributed by atoms with Gasteiger partial charge in [-0.2, -0.15) is 0 Å². The van der Waals surface area contributed by atoms with Crippen LogP contribution in [0.4, 0.5) is 0 Å². The molecule has 1 aromatic heterocycles. The second-order valence-electron chi connectivity index (χ2n) is 2.77.